The minimum absolute atomic E-state index is 0.0562. The predicted molar refractivity (Wildman–Crippen MR) is 84.1 cm³/mol. The van der Waals surface area contributed by atoms with Crippen LogP contribution < -0.4 is 0 Å². The summed E-state index contributed by atoms with van der Waals surface area (Å²) in [5.74, 6) is 0.892. The van der Waals surface area contributed by atoms with Gasteiger partial charge in [0.1, 0.15) is 17.3 Å². The van der Waals surface area contributed by atoms with Gasteiger partial charge in [0.05, 0.1) is 0 Å². The Kier molecular flexibility index (Phi) is 4.75. The third-order valence-electron chi connectivity index (χ3n) is 3.32. The van der Waals surface area contributed by atoms with Gasteiger partial charge in [0, 0.05) is 6.54 Å². The third kappa shape index (κ3) is 3.92. The fourth-order valence-electron chi connectivity index (χ4n) is 2.20. The number of rotatable bonds is 5. The van der Waals surface area contributed by atoms with E-state index >= 15 is 0 Å². The van der Waals surface area contributed by atoms with Crippen LogP contribution >= 0.6 is 0 Å². The summed E-state index contributed by atoms with van der Waals surface area (Å²) in [5.41, 5.74) is 1.30. The number of hydrogen-bond donors (Lipinski definition) is 1. The van der Waals surface area contributed by atoms with E-state index in [0.717, 1.165) is 24.4 Å². The van der Waals surface area contributed by atoms with Gasteiger partial charge < -0.3 is 10.0 Å². The number of phenols is 1. The van der Waals surface area contributed by atoms with E-state index in [1.807, 2.05) is 21.0 Å². The first-order valence-electron chi connectivity index (χ1n) is 7.00. The Hall–Kier alpha value is -2.14. The average molecular weight is 287 g/mol. The fourth-order valence-corrected chi connectivity index (χ4v) is 2.20. The molecule has 1 N–H and O–H groups in total. The van der Waals surface area contributed by atoms with Gasteiger partial charge in [-0.2, -0.15) is 0 Å². The molecule has 0 radical (unpaired) electrons. The molecule has 0 unspecified atom stereocenters. The van der Waals surface area contributed by atoms with Crippen molar-refractivity contribution >= 4 is 17.8 Å². The number of hydrogen-bond acceptors (Lipinski definition) is 4. The Morgan fingerprint density at radius 1 is 1.29 bits per heavy atom. The van der Waals surface area contributed by atoms with Crippen LogP contribution in [-0.2, 0) is 4.79 Å². The number of nitrogens with zero attached hydrogens (tertiary/aromatic N) is 3. The monoisotopic (exact) mass is 287 g/mol. The van der Waals surface area contributed by atoms with Crippen LogP contribution in [0.1, 0.15) is 18.9 Å². The molecule has 0 spiro atoms. The maximum Gasteiger partial charge on any atom is 0.277 e. The van der Waals surface area contributed by atoms with Crippen LogP contribution in [0.4, 0.5) is 0 Å². The first-order valence-corrected chi connectivity index (χ1v) is 7.00. The molecule has 0 bridgehead atoms. The molecule has 112 valence electrons. The van der Waals surface area contributed by atoms with Crippen molar-refractivity contribution in [2.24, 2.45) is 4.99 Å². The molecule has 1 aliphatic heterocycles. The van der Waals surface area contributed by atoms with Crippen LogP contribution in [0.5, 0.6) is 5.75 Å². The van der Waals surface area contributed by atoms with Crippen molar-refractivity contribution < 1.29 is 9.90 Å². The third-order valence-corrected chi connectivity index (χ3v) is 3.32. The highest BCUT2D eigenvalue weighted by atomic mass is 16.3. The zero-order valence-electron chi connectivity index (χ0n) is 12.7. The van der Waals surface area contributed by atoms with E-state index in [4.69, 9.17) is 0 Å². The van der Waals surface area contributed by atoms with E-state index < -0.39 is 0 Å². The van der Waals surface area contributed by atoms with Gasteiger partial charge in [0.2, 0.25) is 0 Å². The Bertz CT molecular complexity index is 574. The summed E-state index contributed by atoms with van der Waals surface area (Å²) >= 11 is 0. The molecule has 5 heteroatoms. The number of phenolic OH excluding ortho intramolecular Hbond substituents is 1. The fraction of sp³-hybridized carbons (Fsp3) is 0.375. The molecule has 5 nitrogen and oxygen atoms in total. The lowest BCUT2D eigenvalue weighted by Gasteiger charge is -2.17. The van der Waals surface area contributed by atoms with Crippen LogP contribution in [0, 0.1) is 0 Å². The molecule has 0 atom stereocenters. The van der Waals surface area contributed by atoms with E-state index in [1.54, 1.807) is 35.2 Å². The van der Waals surface area contributed by atoms with Crippen LogP contribution in [0.2, 0.25) is 0 Å². The number of carbonyl (C=O) groups is 1. The van der Waals surface area contributed by atoms with Crippen molar-refractivity contribution in [1.29, 1.82) is 0 Å². The number of benzene rings is 1. The quantitative estimate of drug-likeness (QED) is 0.842. The zero-order valence-corrected chi connectivity index (χ0v) is 12.7. The van der Waals surface area contributed by atoms with E-state index in [0.29, 0.717) is 12.2 Å². The van der Waals surface area contributed by atoms with Crippen LogP contribution in [0.25, 0.3) is 6.08 Å². The molecule has 21 heavy (non-hydrogen) atoms. The summed E-state index contributed by atoms with van der Waals surface area (Å²) in [7, 11) is 4.03. The van der Waals surface area contributed by atoms with Gasteiger partial charge in [-0.15, -0.1) is 0 Å². The SMILES string of the molecule is CC1=N/C(=C/c2ccc(O)cc2)C(=O)N1CCCN(C)C. The summed E-state index contributed by atoms with van der Waals surface area (Å²) < 4.78 is 0. The summed E-state index contributed by atoms with van der Waals surface area (Å²) in [6, 6.07) is 6.71. The maximum atomic E-state index is 12.3. The van der Waals surface area contributed by atoms with Gasteiger partial charge in [0.25, 0.3) is 5.91 Å². The molecule has 1 aliphatic rings. The minimum atomic E-state index is -0.0562. The van der Waals surface area contributed by atoms with Crippen molar-refractivity contribution in [2.45, 2.75) is 13.3 Å². The molecular formula is C16H21N3O2. The molecule has 1 amide bonds. The van der Waals surface area contributed by atoms with Crippen LogP contribution in [-0.4, -0.2) is 53.8 Å². The van der Waals surface area contributed by atoms with Gasteiger partial charge >= 0.3 is 0 Å². The van der Waals surface area contributed by atoms with Crippen molar-refractivity contribution in [3.63, 3.8) is 0 Å². The number of amidine groups is 1. The van der Waals surface area contributed by atoms with Crippen molar-refractivity contribution in [1.82, 2.24) is 9.80 Å². The van der Waals surface area contributed by atoms with E-state index in [9.17, 15) is 9.90 Å². The maximum absolute atomic E-state index is 12.3. The van der Waals surface area contributed by atoms with E-state index in [-0.39, 0.29) is 11.7 Å². The molecule has 0 aromatic heterocycles. The second kappa shape index (κ2) is 6.54. The number of amides is 1. The molecule has 0 fully saturated rings. The predicted octanol–water partition coefficient (Wildman–Crippen LogP) is 1.95. The Morgan fingerprint density at radius 2 is 1.95 bits per heavy atom. The molecule has 0 saturated carbocycles. The van der Waals surface area contributed by atoms with Gasteiger partial charge in [-0.25, -0.2) is 4.99 Å². The highest BCUT2D eigenvalue weighted by molar-refractivity contribution is 6.13. The first kappa shape index (κ1) is 15.3. The Morgan fingerprint density at radius 3 is 2.57 bits per heavy atom. The summed E-state index contributed by atoms with van der Waals surface area (Å²) in [6.45, 7) is 3.47. The average Bonchev–Trinajstić information content (AvgIpc) is 2.68. The van der Waals surface area contributed by atoms with E-state index in [1.165, 1.54) is 0 Å². The van der Waals surface area contributed by atoms with Crippen molar-refractivity contribution in [3.8, 4) is 5.75 Å². The molecule has 1 aromatic rings. The highest BCUT2D eigenvalue weighted by Gasteiger charge is 2.26. The largest absolute Gasteiger partial charge is 0.508 e. The molecule has 0 saturated heterocycles. The molecule has 1 heterocycles. The topological polar surface area (TPSA) is 56.1 Å². The van der Waals surface area contributed by atoms with Crippen LogP contribution in [0.3, 0.4) is 0 Å². The summed E-state index contributed by atoms with van der Waals surface area (Å²) in [4.78, 5) is 20.5. The minimum Gasteiger partial charge on any atom is -0.508 e. The van der Waals surface area contributed by atoms with E-state index in [2.05, 4.69) is 9.89 Å². The molecule has 0 aliphatic carbocycles. The van der Waals surface area contributed by atoms with Crippen LogP contribution in [0.15, 0.2) is 35.0 Å². The number of aromatic hydroxyl groups is 1. The van der Waals surface area contributed by atoms with Gasteiger partial charge in [-0.3, -0.25) is 9.69 Å². The summed E-state index contributed by atoms with van der Waals surface area (Å²) in [6.07, 6.45) is 2.66. The second-order valence-electron chi connectivity index (χ2n) is 5.39. The lowest BCUT2D eigenvalue weighted by molar-refractivity contribution is -0.122. The lowest BCUT2D eigenvalue weighted by atomic mass is 10.2. The Balaban J connectivity index is 2.07. The second-order valence-corrected chi connectivity index (χ2v) is 5.39. The van der Waals surface area contributed by atoms with Gasteiger partial charge in [0.15, 0.2) is 0 Å². The smallest absolute Gasteiger partial charge is 0.277 e. The highest BCUT2D eigenvalue weighted by Crippen LogP contribution is 2.19. The van der Waals surface area contributed by atoms with Crippen molar-refractivity contribution in [3.05, 3.63) is 35.5 Å². The zero-order chi connectivity index (χ0) is 15.4. The number of aliphatic imine (C=N–C) groups is 1. The number of carbonyl (C=O) groups excluding carboxylic acids is 1. The van der Waals surface area contributed by atoms with Gasteiger partial charge in [-0.1, -0.05) is 12.1 Å². The van der Waals surface area contributed by atoms with Gasteiger partial charge in [-0.05, 0) is 57.8 Å². The molecule has 1 aromatic carbocycles. The lowest BCUT2D eigenvalue weighted by Crippen LogP contribution is -2.33. The Labute approximate surface area is 125 Å². The first-order chi connectivity index (χ1) is 9.97. The summed E-state index contributed by atoms with van der Waals surface area (Å²) in [5, 5.41) is 9.27. The molecular weight excluding hydrogens is 266 g/mol. The normalized spacial score (nSPS) is 17.0. The molecule has 2 rings (SSSR count). The standard InChI is InChI=1S/C16H21N3O2/c1-12-17-15(11-13-5-7-14(20)8-6-13)16(21)19(12)10-4-9-18(2)3/h5-8,11,20H,4,9-10H2,1-3H3/b15-11+. The van der Waals surface area contributed by atoms with Crippen molar-refractivity contribution in [2.75, 3.05) is 27.2 Å².